The zero-order chi connectivity index (χ0) is 11.1. The van der Waals surface area contributed by atoms with Crippen LogP contribution in [0.15, 0.2) is 0 Å². The minimum Gasteiger partial charge on any atom is -0.481 e. The number of carbonyl (C=O) groups excluding carboxylic acids is 2. The van der Waals surface area contributed by atoms with Crippen molar-refractivity contribution in [3.8, 4) is 0 Å². The summed E-state index contributed by atoms with van der Waals surface area (Å²) in [4.78, 5) is 31.8. The standard InChI is InChI=1S/C7H13N3O4/c1-9-4(2-6(12)13)7(14)10-3-5(8)11/h4,9H,2-3H2,1H3,(H2,8,11)(H,10,14)(H,12,13). The lowest BCUT2D eigenvalue weighted by Crippen LogP contribution is -2.46. The molecule has 0 saturated heterocycles. The molecule has 0 aromatic rings. The van der Waals surface area contributed by atoms with Crippen molar-refractivity contribution in [2.75, 3.05) is 13.6 Å². The van der Waals surface area contributed by atoms with Gasteiger partial charge >= 0.3 is 5.97 Å². The molecule has 0 saturated carbocycles. The van der Waals surface area contributed by atoms with Crippen LogP contribution in [0.3, 0.4) is 0 Å². The maximum Gasteiger partial charge on any atom is 0.305 e. The van der Waals surface area contributed by atoms with Crippen molar-refractivity contribution in [2.24, 2.45) is 5.73 Å². The monoisotopic (exact) mass is 203 g/mol. The maximum atomic E-state index is 11.2. The first-order valence-electron chi connectivity index (χ1n) is 3.92. The molecular formula is C7H13N3O4. The molecule has 2 amide bonds. The zero-order valence-electron chi connectivity index (χ0n) is 7.74. The minimum absolute atomic E-state index is 0.295. The third-order valence-electron chi connectivity index (χ3n) is 1.48. The Morgan fingerprint density at radius 1 is 1.43 bits per heavy atom. The van der Waals surface area contributed by atoms with Crippen molar-refractivity contribution in [3.05, 3.63) is 0 Å². The van der Waals surface area contributed by atoms with E-state index >= 15 is 0 Å². The average molecular weight is 203 g/mol. The third-order valence-corrected chi connectivity index (χ3v) is 1.48. The highest BCUT2D eigenvalue weighted by Crippen LogP contribution is 1.90. The molecule has 0 aromatic heterocycles. The first-order valence-corrected chi connectivity index (χ1v) is 3.92. The Kier molecular flexibility index (Phi) is 5.23. The van der Waals surface area contributed by atoms with E-state index in [4.69, 9.17) is 10.8 Å². The summed E-state index contributed by atoms with van der Waals surface area (Å²) in [5.41, 5.74) is 4.79. The fraction of sp³-hybridized carbons (Fsp3) is 0.571. The Hall–Kier alpha value is -1.63. The van der Waals surface area contributed by atoms with Crippen molar-refractivity contribution >= 4 is 17.8 Å². The third kappa shape index (κ3) is 5.09. The van der Waals surface area contributed by atoms with Gasteiger partial charge in [-0.05, 0) is 7.05 Å². The van der Waals surface area contributed by atoms with Crippen LogP contribution in [-0.4, -0.2) is 42.5 Å². The van der Waals surface area contributed by atoms with Gasteiger partial charge in [-0.15, -0.1) is 0 Å². The molecule has 0 radical (unpaired) electrons. The smallest absolute Gasteiger partial charge is 0.305 e. The largest absolute Gasteiger partial charge is 0.481 e. The van der Waals surface area contributed by atoms with Crippen molar-refractivity contribution in [1.29, 1.82) is 0 Å². The Morgan fingerprint density at radius 2 is 2.00 bits per heavy atom. The maximum absolute atomic E-state index is 11.2. The molecule has 7 heteroatoms. The molecule has 0 heterocycles. The number of carboxylic acid groups (broad SMARTS) is 1. The second-order valence-corrected chi connectivity index (χ2v) is 2.62. The van der Waals surface area contributed by atoms with E-state index in [1.54, 1.807) is 0 Å². The number of primary amides is 1. The average Bonchev–Trinajstić information content (AvgIpc) is 2.09. The number of carbonyl (C=O) groups is 3. The summed E-state index contributed by atoms with van der Waals surface area (Å²) in [6, 6.07) is -0.855. The fourth-order valence-electron chi connectivity index (χ4n) is 0.798. The summed E-state index contributed by atoms with van der Waals surface area (Å²) >= 11 is 0. The van der Waals surface area contributed by atoms with Gasteiger partial charge in [0.05, 0.1) is 19.0 Å². The van der Waals surface area contributed by atoms with Gasteiger partial charge in [0.25, 0.3) is 0 Å². The van der Waals surface area contributed by atoms with Crippen molar-refractivity contribution < 1.29 is 19.5 Å². The molecule has 0 rings (SSSR count). The highest BCUT2D eigenvalue weighted by Gasteiger charge is 2.19. The number of amides is 2. The van der Waals surface area contributed by atoms with Crippen LogP contribution in [0.25, 0.3) is 0 Å². The van der Waals surface area contributed by atoms with Crippen LogP contribution >= 0.6 is 0 Å². The molecule has 1 unspecified atom stereocenters. The van der Waals surface area contributed by atoms with E-state index in [-0.39, 0.29) is 13.0 Å². The van der Waals surface area contributed by atoms with E-state index in [1.165, 1.54) is 7.05 Å². The zero-order valence-corrected chi connectivity index (χ0v) is 7.74. The number of aliphatic carboxylic acids is 1. The van der Waals surface area contributed by atoms with Gasteiger partial charge in [0, 0.05) is 0 Å². The predicted octanol–water partition coefficient (Wildman–Crippen LogP) is -2.35. The van der Waals surface area contributed by atoms with Gasteiger partial charge in [-0.2, -0.15) is 0 Å². The quantitative estimate of drug-likeness (QED) is 0.385. The van der Waals surface area contributed by atoms with Crippen LogP contribution in [0, 0.1) is 0 Å². The molecule has 14 heavy (non-hydrogen) atoms. The van der Waals surface area contributed by atoms with E-state index in [0.717, 1.165) is 0 Å². The second kappa shape index (κ2) is 5.92. The van der Waals surface area contributed by atoms with Gasteiger partial charge in [0.1, 0.15) is 0 Å². The molecule has 0 aliphatic heterocycles. The minimum atomic E-state index is -1.10. The van der Waals surface area contributed by atoms with Crippen LogP contribution in [0.4, 0.5) is 0 Å². The van der Waals surface area contributed by atoms with Crippen molar-refractivity contribution in [2.45, 2.75) is 12.5 Å². The van der Waals surface area contributed by atoms with Crippen LogP contribution in [-0.2, 0) is 14.4 Å². The van der Waals surface area contributed by atoms with Gasteiger partial charge in [0.2, 0.25) is 11.8 Å². The van der Waals surface area contributed by atoms with E-state index in [1.807, 2.05) is 0 Å². The number of hydrogen-bond donors (Lipinski definition) is 4. The molecule has 0 bridgehead atoms. The topological polar surface area (TPSA) is 122 Å². The molecule has 0 aliphatic carbocycles. The van der Waals surface area contributed by atoms with Crippen LogP contribution in [0.5, 0.6) is 0 Å². The summed E-state index contributed by atoms with van der Waals surface area (Å²) in [6.45, 7) is -0.295. The fourth-order valence-corrected chi connectivity index (χ4v) is 0.798. The summed E-state index contributed by atoms with van der Waals surface area (Å²) in [6.07, 6.45) is -0.346. The number of nitrogens with two attached hydrogens (primary N) is 1. The highest BCUT2D eigenvalue weighted by molar-refractivity contribution is 5.89. The molecule has 80 valence electrons. The summed E-state index contributed by atoms with van der Waals surface area (Å²) in [7, 11) is 1.46. The van der Waals surface area contributed by atoms with Gasteiger partial charge in [-0.1, -0.05) is 0 Å². The molecule has 0 aliphatic rings. The molecule has 5 N–H and O–H groups in total. The van der Waals surface area contributed by atoms with Gasteiger partial charge in [-0.3, -0.25) is 14.4 Å². The Labute approximate surface area is 80.6 Å². The van der Waals surface area contributed by atoms with Crippen LogP contribution < -0.4 is 16.4 Å². The van der Waals surface area contributed by atoms with E-state index in [0.29, 0.717) is 0 Å². The molecule has 0 aromatic carbocycles. The van der Waals surface area contributed by atoms with Crippen molar-refractivity contribution in [3.63, 3.8) is 0 Å². The number of nitrogens with one attached hydrogen (secondary N) is 2. The van der Waals surface area contributed by atoms with E-state index in [2.05, 4.69) is 10.6 Å². The lowest BCUT2D eigenvalue weighted by atomic mass is 10.2. The lowest BCUT2D eigenvalue weighted by molar-refractivity contribution is -0.139. The molecule has 0 fully saturated rings. The Bertz CT molecular complexity index is 241. The van der Waals surface area contributed by atoms with Gasteiger partial charge in [-0.25, -0.2) is 0 Å². The Morgan fingerprint density at radius 3 is 2.36 bits per heavy atom. The lowest BCUT2D eigenvalue weighted by Gasteiger charge is -2.12. The summed E-state index contributed by atoms with van der Waals surface area (Å²) < 4.78 is 0. The van der Waals surface area contributed by atoms with Gasteiger partial charge < -0.3 is 21.5 Å². The van der Waals surface area contributed by atoms with Crippen LogP contribution in [0.2, 0.25) is 0 Å². The number of rotatable bonds is 6. The predicted molar refractivity (Wildman–Crippen MR) is 47.3 cm³/mol. The van der Waals surface area contributed by atoms with E-state index in [9.17, 15) is 14.4 Å². The van der Waals surface area contributed by atoms with Gasteiger partial charge in [0.15, 0.2) is 0 Å². The van der Waals surface area contributed by atoms with E-state index < -0.39 is 23.8 Å². The summed E-state index contributed by atoms with van der Waals surface area (Å²) in [5, 5.41) is 13.1. The number of hydrogen-bond acceptors (Lipinski definition) is 4. The first-order chi connectivity index (χ1) is 6.47. The van der Waals surface area contributed by atoms with Crippen molar-refractivity contribution in [1.82, 2.24) is 10.6 Å². The highest BCUT2D eigenvalue weighted by atomic mass is 16.4. The number of carboxylic acids is 1. The summed E-state index contributed by atoms with van der Waals surface area (Å²) in [5.74, 6) is -2.34. The SMILES string of the molecule is CNC(CC(=O)O)C(=O)NCC(N)=O. The Balaban J connectivity index is 4.04. The molecular weight excluding hydrogens is 190 g/mol. The molecule has 7 nitrogen and oxygen atoms in total. The molecule has 1 atom stereocenters. The number of likely N-dealkylation sites (N-methyl/N-ethyl adjacent to an activating group) is 1. The normalized spacial score (nSPS) is 11.8. The first kappa shape index (κ1) is 12.4. The molecule has 0 spiro atoms. The second-order valence-electron chi connectivity index (χ2n) is 2.62. The van der Waals surface area contributed by atoms with Crippen LogP contribution in [0.1, 0.15) is 6.42 Å².